The number of nitrogens with one attached hydrogen (secondary N) is 2. The van der Waals surface area contributed by atoms with E-state index in [2.05, 4.69) is 62.7 Å². The topological polar surface area (TPSA) is 58.4 Å². The number of anilines is 1. The average Bonchev–Trinajstić information content (AvgIpc) is 3.47. The van der Waals surface area contributed by atoms with Crippen molar-refractivity contribution in [2.45, 2.75) is 13.0 Å². The van der Waals surface area contributed by atoms with Crippen LogP contribution in [0.2, 0.25) is 0 Å². The van der Waals surface area contributed by atoms with Crippen molar-refractivity contribution in [3.8, 4) is 10.4 Å². The van der Waals surface area contributed by atoms with Crippen LogP contribution in [0.1, 0.15) is 16.8 Å². The Morgan fingerprint density at radius 2 is 2.07 bits per heavy atom. The normalized spacial score (nSPS) is 12.3. The summed E-state index contributed by atoms with van der Waals surface area (Å²) in [6, 6.07) is 18.6. The van der Waals surface area contributed by atoms with Crippen molar-refractivity contribution in [1.29, 1.82) is 0 Å². The molecule has 30 heavy (non-hydrogen) atoms. The van der Waals surface area contributed by atoms with Gasteiger partial charge in [0, 0.05) is 58.9 Å². The second kappa shape index (κ2) is 7.80. The average molecular weight is 415 g/mol. The van der Waals surface area contributed by atoms with Crippen LogP contribution < -0.4 is 10.6 Å². The molecule has 150 valence electrons. The van der Waals surface area contributed by atoms with Crippen LogP contribution in [0.3, 0.4) is 0 Å². The Morgan fingerprint density at radius 3 is 2.90 bits per heavy atom. The minimum absolute atomic E-state index is 0.193. The molecule has 1 aliphatic heterocycles. The van der Waals surface area contributed by atoms with Crippen molar-refractivity contribution >= 4 is 39.4 Å². The first-order chi connectivity index (χ1) is 14.7. The van der Waals surface area contributed by atoms with Gasteiger partial charge in [-0.15, -0.1) is 11.3 Å². The number of carbonyl (C=O) groups excluding carboxylic acids is 1. The van der Waals surface area contributed by atoms with Gasteiger partial charge in [0.25, 0.3) is 0 Å². The Morgan fingerprint density at radius 1 is 1.17 bits per heavy atom. The van der Waals surface area contributed by atoms with E-state index in [1.807, 2.05) is 31.6 Å². The zero-order chi connectivity index (χ0) is 20.5. The Balaban J connectivity index is 1.35. The summed E-state index contributed by atoms with van der Waals surface area (Å²) in [6.45, 7) is 1.27. The quantitative estimate of drug-likeness (QED) is 0.463. The maximum Gasteiger partial charge on any atom is 0.319 e. The van der Waals surface area contributed by atoms with Crippen molar-refractivity contribution in [3.05, 3.63) is 77.6 Å². The van der Waals surface area contributed by atoms with Crippen molar-refractivity contribution in [1.82, 2.24) is 9.88 Å². The molecule has 5 nitrogen and oxygen atoms in total. The molecule has 0 unspecified atom stereocenters. The van der Waals surface area contributed by atoms with Crippen LogP contribution in [-0.4, -0.2) is 23.4 Å². The lowest BCUT2D eigenvalue weighted by Gasteiger charge is -2.12. The van der Waals surface area contributed by atoms with Gasteiger partial charge >= 0.3 is 6.03 Å². The zero-order valence-corrected chi connectivity index (χ0v) is 17.5. The number of hydrogen-bond acceptors (Lipinski definition) is 3. The van der Waals surface area contributed by atoms with Crippen LogP contribution in [0.25, 0.3) is 20.5 Å². The molecule has 0 aliphatic carbocycles. The number of fused-ring (bicyclic) bond motifs is 2. The number of rotatable bonds is 5. The third-order valence-corrected chi connectivity index (χ3v) is 6.58. The number of urea groups is 1. The summed E-state index contributed by atoms with van der Waals surface area (Å²) >= 11 is 1.77. The summed E-state index contributed by atoms with van der Waals surface area (Å²) in [5.41, 5.74) is 5.41. The highest BCUT2D eigenvalue weighted by molar-refractivity contribution is 7.22. The second-order valence-corrected chi connectivity index (χ2v) is 8.53. The molecule has 0 atom stereocenters. The van der Waals surface area contributed by atoms with Gasteiger partial charge in [-0.2, -0.15) is 0 Å². The lowest BCUT2D eigenvalue weighted by molar-refractivity contribution is 0.252. The van der Waals surface area contributed by atoms with Crippen molar-refractivity contribution < 1.29 is 4.79 Å². The fourth-order valence-electron chi connectivity index (χ4n) is 3.86. The SMILES string of the molecule is Cn1cccc1CCNC(=O)Nc1cc2c(c(-c3cc4ccccc4s3)c1)CN=C2. The molecule has 5 rings (SSSR count). The van der Waals surface area contributed by atoms with E-state index < -0.39 is 0 Å². The van der Waals surface area contributed by atoms with Crippen molar-refractivity contribution in [3.63, 3.8) is 0 Å². The van der Waals surface area contributed by atoms with Crippen molar-refractivity contribution in [2.24, 2.45) is 12.0 Å². The molecule has 0 fully saturated rings. The summed E-state index contributed by atoms with van der Waals surface area (Å²) in [4.78, 5) is 18.1. The molecule has 6 heteroatoms. The number of benzene rings is 2. The van der Waals surface area contributed by atoms with E-state index >= 15 is 0 Å². The molecule has 2 amide bonds. The number of nitrogens with zero attached hydrogens (tertiary/aromatic N) is 2. The molecule has 0 radical (unpaired) electrons. The van der Waals surface area contributed by atoms with E-state index in [9.17, 15) is 4.79 Å². The number of aliphatic imine (C=N–C) groups is 1. The molecule has 2 N–H and O–H groups in total. The number of amides is 2. The Bertz CT molecular complexity index is 1230. The van der Waals surface area contributed by atoms with E-state index in [1.165, 1.54) is 26.2 Å². The van der Waals surface area contributed by atoms with Gasteiger partial charge in [0.2, 0.25) is 0 Å². The molecule has 4 aromatic rings. The van der Waals surface area contributed by atoms with E-state index in [4.69, 9.17) is 0 Å². The van der Waals surface area contributed by atoms with Gasteiger partial charge in [-0.25, -0.2) is 4.79 Å². The molecule has 1 aliphatic rings. The fraction of sp³-hybridized carbons (Fsp3) is 0.167. The van der Waals surface area contributed by atoms with Crippen LogP contribution in [0.4, 0.5) is 10.5 Å². The highest BCUT2D eigenvalue weighted by Gasteiger charge is 2.17. The van der Waals surface area contributed by atoms with E-state index in [-0.39, 0.29) is 6.03 Å². The van der Waals surface area contributed by atoms with Gasteiger partial charge in [-0.3, -0.25) is 4.99 Å². The Kier molecular flexibility index (Phi) is 4.85. The van der Waals surface area contributed by atoms with Gasteiger partial charge in [0.05, 0.1) is 6.54 Å². The van der Waals surface area contributed by atoms with Crippen LogP contribution in [0, 0.1) is 0 Å². The predicted molar refractivity (Wildman–Crippen MR) is 125 cm³/mol. The van der Waals surface area contributed by atoms with E-state index in [1.54, 1.807) is 11.3 Å². The second-order valence-electron chi connectivity index (χ2n) is 7.45. The van der Waals surface area contributed by atoms with E-state index in [0.29, 0.717) is 13.1 Å². The molecule has 0 bridgehead atoms. The smallest absolute Gasteiger partial charge is 0.319 e. The lowest BCUT2D eigenvalue weighted by atomic mass is 10.0. The molecule has 2 aromatic heterocycles. The van der Waals surface area contributed by atoms with Gasteiger partial charge in [-0.1, -0.05) is 18.2 Å². The highest BCUT2D eigenvalue weighted by atomic mass is 32.1. The van der Waals surface area contributed by atoms with Crippen LogP contribution in [0.5, 0.6) is 0 Å². The third-order valence-electron chi connectivity index (χ3n) is 5.43. The summed E-state index contributed by atoms with van der Waals surface area (Å²) in [7, 11) is 2.01. The minimum atomic E-state index is -0.193. The minimum Gasteiger partial charge on any atom is -0.354 e. The summed E-state index contributed by atoms with van der Waals surface area (Å²) in [5, 5.41) is 7.18. The largest absolute Gasteiger partial charge is 0.354 e. The van der Waals surface area contributed by atoms with Crippen LogP contribution >= 0.6 is 11.3 Å². The number of carbonyl (C=O) groups is 1. The standard InChI is InChI=1S/C24H22N4OS/c1-28-10-4-6-19(28)8-9-26-24(29)27-18-11-17-14-25-15-21(17)20(13-18)23-12-16-5-2-3-7-22(16)30-23/h2-7,10-14H,8-9,15H2,1H3,(H2,26,27,29). The molecule has 2 aromatic carbocycles. The van der Waals surface area contributed by atoms with Crippen molar-refractivity contribution in [2.75, 3.05) is 11.9 Å². The zero-order valence-electron chi connectivity index (χ0n) is 16.7. The molecular weight excluding hydrogens is 392 g/mol. The molecule has 0 saturated heterocycles. The number of aromatic nitrogens is 1. The molecule has 3 heterocycles. The van der Waals surface area contributed by atoms with Gasteiger partial charge in [0.1, 0.15) is 0 Å². The van der Waals surface area contributed by atoms with Crippen LogP contribution in [-0.2, 0) is 20.0 Å². The summed E-state index contributed by atoms with van der Waals surface area (Å²) < 4.78 is 3.33. The number of aryl methyl sites for hydroxylation is 1. The monoisotopic (exact) mass is 414 g/mol. The molecule has 0 saturated carbocycles. The van der Waals surface area contributed by atoms with E-state index in [0.717, 1.165) is 23.2 Å². The Labute approximate surface area is 179 Å². The van der Waals surface area contributed by atoms with Gasteiger partial charge in [0.15, 0.2) is 0 Å². The third kappa shape index (κ3) is 3.62. The Hall–Kier alpha value is -3.38. The van der Waals surface area contributed by atoms with Gasteiger partial charge < -0.3 is 15.2 Å². The first kappa shape index (κ1) is 18.6. The summed E-state index contributed by atoms with van der Waals surface area (Å²) in [5.74, 6) is 0. The first-order valence-corrected chi connectivity index (χ1v) is 10.8. The van der Waals surface area contributed by atoms with Gasteiger partial charge in [-0.05, 0) is 52.9 Å². The number of hydrogen-bond donors (Lipinski definition) is 2. The number of thiophene rings is 1. The molecule has 0 spiro atoms. The van der Waals surface area contributed by atoms with Crippen LogP contribution in [0.15, 0.2) is 65.8 Å². The molecular formula is C24H22N4OS. The lowest BCUT2D eigenvalue weighted by Crippen LogP contribution is -2.30. The maximum absolute atomic E-state index is 12.5. The summed E-state index contributed by atoms with van der Waals surface area (Å²) in [6.07, 6.45) is 4.70. The maximum atomic E-state index is 12.5. The fourth-order valence-corrected chi connectivity index (χ4v) is 4.97. The first-order valence-electron chi connectivity index (χ1n) is 9.98. The highest BCUT2D eigenvalue weighted by Crippen LogP contribution is 2.38. The predicted octanol–water partition coefficient (Wildman–Crippen LogP) is 5.20.